The van der Waals surface area contributed by atoms with Gasteiger partial charge < -0.3 is 14.2 Å². The third-order valence-corrected chi connectivity index (χ3v) is 5.00. The summed E-state index contributed by atoms with van der Waals surface area (Å²) in [5.74, 6) is 0.914. The minimum atomic E-state index is -0.0970. The van der Waals surface area contributed by atoms with Crippen molar-refractivity contribution in [1.29, 1.82) is 0 Å². The van der Waals surface area contributed by atoms with E-state index in [0.717, 1.165) is 12.1 Å². The van der Waals surface area contributed by atoms with Gasteiger partial charge in [-0.1, -0.05) is 11.8 Å². The molecule has 0 radical (unpaired) electrons. The van der Waals surface area contributed by atoms with E-state index in [1.165, 1.54) is 17.8 Å². The molecule has 1 unspecified atom stereocenters. The highest BCUT2D eigenvalue weighted by Crippen LogP contribution is 2.20. The minimum Gasteiger partial charge on any atom is -0.488 e. The molecule has 1 atom stereocenters. The van der Waals surface area contributed by atoms with Crippen LogP contribution in [-0.2, 0) is 11.8 Å². The molecule has 0 spiro atoms. The van der Waals surface area contributed by atoms with E-state index in [1.54, 1.807) is 35.0 Å². The summed E-state index contributed by atoms with van der Waals surface area (Å²) in [6.07, 6.45) is 3.98. The molecule has 25 heavy (non-hydrogen) atoms. The summed E-state index contributed by atoms with van der Waals surface area (Å²) < 4.78 is 7.47. The number of rotatable bonds is 5. The molecule has 7 nitrogen and oxygen atoms in total. The fourth-order valence-electron chi connectivity index (χ4n) is 2.63. The summed E-state index contributed by atoms with van der Waals surface area (Å²) in [6, 6.07) is 5.07. The van der Waals surface area contributed by atoms with E-state index in [9.17, 15) is 9.59 Å². The predicted molar refractivity (Wildman–Crippen MR) is 94.8 cm³/mol. The van der Waals surface area contributed by atoms with Crippen LogP contribution in [0.2, 0.25) is 0 Å². The van der Waals surface area contributed by atoms with Crippen molar-refractivity contribution >= 4 is 17.7 Å². The zero-order valence-corrected chi connectivity index (χ0v) is 15.0. The Morgan fingerprint density at radius 1 is 1.36 bits per heavy atom. The van der Waals surface area contributed by atoms with Crippen LogP contribution in [0.1, 0.15) is 12.1 Å². The SMILES string of the molecule is Cc1cc(OC2CCN(C(=O)CSc3ncccn3)C2)cc(=O)n1C. The molecule has 1 fully saturated rings. The Balaban J connectivity index is 1.53. The lowest BCUT2D eigenvalue weighted by molar-refractivity contribution is -0.127. The number of hydrogen-bond donors (Lipinski definition) is 0. The lowest BCUT2D eigenvalue weighted by Crippen LogP contribution is -2.32. The zero-order valence-electron chi connectivity index (χ0n) is 14.2. The number of carbonyl (C=O) groups is 1. The van der Waals surface area contributed by atoms with Gasteiger partial charge in [0.1, 0.15) is 11.9 Å². The first-order valence-corrected chi connectivity index (χ1v) is 9.03. The summed E-state index contributed by atoms with van der Waals surface area (Å²) in [6.45, 7) is 3.05. The molecular weight excluding hydrogens is 340 g/mol. The summed E-state index contributed by atoms with van der Waals surface area (Å²) in [5.41, 5.74) is 0.743. The summed E-state index contributed by atoms with van der Waals surface area (Å²) in [5, 5.41) is 0.596. The van der Waals surface area contributed by atoms with Crippen LogP contribution >= 0.6 is 11.8 Å². The highest BCUT2D eigenvalue weighted by molar-refractivity contribution is 7.99. The molecule has 1 aliphatic heterocycles. The molecule has 2 aromatic heterocycles. The van der Waals surface area contributed by atoms with E-state index < -0.39 is 0 Å². The quantitative estimate of drug-likeness (QED) is 0.590. The molecule has 0 aromatic carbocycles. The third kappa shape index (κ3) is 4.39. The van der Waals surface area contributed by atoms with Crippen molar-refractivity contribution in [3.05, 3.63) is 46.6 Å². The van der Waals surface area contributed by atoms with Crippen LogP contribution in [0.3, 0.4) is 0 Å². The highest BCUT2D eigenvalue weighted by atomic mass is 32.2. The Bertz CT molecular complexity index is 809. The van der Waals surface area contributed by atoms with Crippen LogP contribution in [0.4, 0.5) is 0 Å². The summed E-state index contributed by atoms with van der Waals surface area (Å²) in [7, 11) is 1.73. The first kappa shape index (κ1) is 17.5. The Kier molecular flexibility index (Phi) is 5.37. The second kappa shape index (κ2) is 7.69. The Morgan fingerprint density at radius 3 is 2.84 bits per heavy atom. The van der Waals surface area contributed by atoms with Gasteiger partial charge in [0.25, 0.3) is 5.56 Å². The van der Waals surface area contributed by atoms with Gasteiger partial charge >= 0.3 is 0 Å². The number of likely N-dealkylation sites (tertiary alicyclic amines) is 1. The van der Waals surface area contributed by atoms with Crippen LogP contribution in [0, 0.1) is 6.92 Å². The lowest BCUT2D eigenvalue weighted by Gasteiger charge is -2.17. The van der Waals surface area contributed by atoms with Gasteiger partial charge in [-0.3, -0.25) is 9.59 Å². The van der Waals surface area contributed by atoms with E-state index in [0.29, 0.717) is 29.7 Å². The van der Waals surface area contributed by atoms with E-state index in [2.05, 4.69) is 9.97 Å². The molecule has 1 aliphatic rings. The molecule has 1 saturated heterocycles. The first-order valence-electron chi connectivity index (χ1n) is 8.05. The first-order chi connectivity index (χ1) is 12.0. The van der Waals surface area contributed by atoms with E-state index in [4.69, 9.17) is 4.74 Å². The van der Waals surface area contributed by atoms with Crippen molar-refractivity contribution in [3.8, 4) is 5.75 Å². The number of thioether (sulfide) groups is 1. The van der Waals surface area contributed by atoms with Crippen LogP contribution in [-0.4, -0.2) is 50.3 Å². The molecule has 0 saturated carbocycles. The number of ether oxygens (including phenoxy) is 1. The third-order valence-electron chi connectivity index (χ3n) is 4.14. The van der Waals surface area contributed by atoms with Gasteiger partial charge in [0.05, 0.1) is 12.3 Å². The molecule has 1 amide bonds. The van der Waals surface area contributed by atoms with Gasteiger partial charge in [-0.15, -0.1) is 0 Å². The van der Waals surface area contributed by atoms with Crippen molar-refractivity contribution in [3.63, 3.8) is 0 Å². The standard InChI is InChI=1S/C17H20N4O3S/c1-12-8-14(9-15(22)20(12)2)24-13-4-7-21(10-13)16(23)11-25-17-18-5-3-6-19-17/h3,5-6,8-9,13H,4,7,10-11H2,1-2H3. The predicted octanol–water partition coefficient (Wildman–Crippen LogP) is 1.26. The Labute approximate surface area is 150 Å². The topological polar surface area (TPSA) is 77.3 Å². The normalized spacial score (nSPS) is 16.9. The number of hydrogen-bond acceptors (Lipinski definition) is 6. The van der Waals surface area contributed by atoms with E-state index >= 15 is 0 Å². The molecule has 0 N–H and O–H groups in total. The molecule has 132 valence electrons. The van der Waals surface area contributed by atoms with Gasteiger partial charge in [-0.05, 0) is 19.1 Å². The maximum atomic E-state index is 12.3. The molecule has 2 aromatic rings. The zero-order chi connectivity index (χ0) is 17.8. The fraction of sp³-hybridized carbons (Fsp3) is 0.412. The van der Waals surface area contributed by atoms with Gasteiger partial charge in [-0.25, -0.2) is 9.97 Å². The van der Waals surface area contributed by atoms with Crippen molar-refractivity contribution in [2.75, 3.05) is 18.8 Å². The van der Waals surface area contributed by atoms with Gasteiger partial charge in [0.15, 0.2) is 5.16 Å². The average Bonchev–Trinajstić information content (AvgIpc) is 3.07. The van der Waals surface area contributed by atoms with Gasteiger partial charge in [0.2, 0.25) is 5.91 Å². The number of amides is 1. The molecule has 3 heterocycles. The number of aryl methyl sites for hydroxylation is 1. The maximum Gasteiger partial charge on any atom is 0.254 e. The van der Waals surface area contributed by atoms with E-state index in [-0.39, 0.29) is 17.6 Å². The van der Waals surface area contributed by atoms with Crippen LogP contribution < -0.4 is 10.3 Å². The van der Waals surface area contributed by atoms with Crippen molar-refractivity contribution in [2.24, 2.45) is 7.05 Å². The molecule has 8 heteroatoms. The monoisotopic (exact) mass is 360 g/mol. The van der Waals surface area contributed by atoms with Crippen molar-refractivity contribution < 1.29 is 9.53 Å². The van der Waals surface area contributed by atoms with Crippen molar-refractivity contribution in [2.45, 2.75) is 24.6 Å². The second-order valence-electron chi connectivity index (χ2n) is 5.92. The summed E-state index contributed by atoms with van der Waals surface area (Å²) in [4.78, 5) is 34.1. The molecular formula is C17H20N4O3S. The summed E-state index contributed by atoms with van der Waals surface area (Å²) >= 11 is 1.33. The number of carbonyl (C=O) groups excluding carboxylic acids is 1. The maximum absolute atomic E-state index is 12.3. The average molecular weight is 360 g/mol. The van der Waals surface area contributed by atoms with Crippen LogP contribution in [0.5, 0.6) is 5.75 Å². The largest absolute Gasteiger partial charge is 0.488 e. The lowest BCUT2D eigenvalue weighted by atomic mass is 10.3. The Hall–Kier alpha value is -2.35. The highest BCUT2D eigenvalue weighted by Gasteiger charge is 2.27. The fourth-order valence-corrected chi connectivity index (χ4v) is 3.33. The van der Waals surface area contributed by atoms with E-state index in [1.807, 2.05) is 13.0 Å². The number of pyridine rings is 1. The number of aromatic nitrogens is 3. The molecule has 0 aliphatic carbocycles. The van der Waals surface area contributed by atoms with Crippen molar-refractivity contribution in [1.82, 2.24) is 19.4 Å². The van der Waals surface area contributed by atoms with Gasteiger partial charge in [0, 0.05) is 44.2 Å². The molecule has 3 rings (SSSR count). The Morgan fingerprint density at radius 2 is 2.12 bits per heavy atom. The number of nitrogens with zero attached hydrogens (tertiary/aromatic N) is 4. The molecule has 0 bridgehead atoms. The van der Waals surface area contributed by atoms with Gasteiger partial charge in [-0.2, -0.15) is 0 Å². The second-order valence-corrected chi connectivity index (χ2v) is 6.86. The minimum absolute atomic E-state index is 0.0451. The van der Waals surface area contributed by atoms with Crippen LogP contribution in [0.15, 0.2) is 40.5 Å². The van der Waals surface area contributed by atoms with Crippen LogP contribution in [0.25, 0.3) is 0 Å². The smallest absolute Gasteiger partial charge is 0.254 e.